The van der Waals surface area contributed by atoms with Crippen molar-refractivity contribution in [2.24, 2.45) is 0 Å². The maximum atomic E-state index is 12.5. The molecule has 10 heteroatoms. The molecule has 166 valence electrons. The van der Waals surface area contributed by atoms with Crippen LogP contribution >= 0.6 is 7.75 Å². The summed E-state index contributed by atoms with van der Waals surface area (Å²) < 4.78 is 40.4. The molecule has 0 amide bonds. The average molecular weight is 424 g/mol. The van der Waals surface area contributed by atoms with Gasteiger partial charge < -0.3 is 33.5 Å². The summed E-state index contributed by atoms with van der Waals surface area (Å²) in [6.45, 7) is 11.4. The molecule has 0 saturated carbocycles. The predicted molar refractivity (Wildman–Crippen MR) is 101 cm³/mol. The van der Waals surface area contributed by atoms with Crippen molar-refractivity contribution in [2.75, 3.05) is 13.2 Å². The Morgan fingerprint density at radius 2 is 1.86 bits per heavy atom. The van der Waals surface area contributed by atoms with Crippen LogP contribution in [0.1, 0.15) is 48.0 Å². The van der Waals surface area contributed by atoms with Gasteiger partial charge in [-0.3, -0.25) is 9.65 Å². The minimum absolute atomic E-state index is 0.00836. The lowest BCUT2D eigenvalue weighted by atomic mass is 10.1. The molecule has 2 aliphatic heterocycles. The zero-order valence-electron chi connectivity index (χ0n) is 17.6. The van der Waals surface area contributed by atoms with Crippen LogP contribution in [0.5, 0.6) is 0 Å². The van der Waals surface area contributed by atoms with Crippen LogP contribution in [-0.4, -0.2) is 73.2 Å². The van der Waals surface area contributed by atoms with E-state index in [4.69, 9.17) is 23.5 Å². The van der Waals surface area contributed by atoms with Crippen molar-refractivity contribution in [3.8, 4) is 0 Å². The molecule has 2 heterocycles. The van der Waals surface area contributed by atoms with Gasteiger partial charge in [0.15, 0.2) is 0 Å². The number of hydrogen-bond acceptors (Lipinski definition) is 8. The Morgan fingerprint density at radius 1 is 1.18 bits per heavy atom. The predicted octanol–water partition coefficient (Wildman–Crippen LogP) is 0.974. The lowest BCUT2D eigenvalue weighted by molar-refractivity contribution is -0.211. The standard InChI is InChI=1S/C18H36NO8P/c1-10(2)23-9-16-18(17(20)13(6)26-16)27-28(21,22)19-8-15-14(24-11(3)4)7-12(5)25-15/h10-18,20H,7-9H2,1-6H3,(H2,19,21,22)/p-1. The summed E-state index contributed by atoms with van der Waals surface area (Å²) in [7, 11) is -4.45. The quantitative estimate of drug-likeness (QED) is 0.495. The highest BCUT2D eigenvalue weighted by Gasteiger charge is 2.44. The monoisotopic (exact) mass is 424 g/mol. The second-order valence-electron chi connectivity index (χ2n) is 8.13. The highest BCUT2D eigenvalue weighted by molar-refractivity contribution is 7.49. The highest BCUT2D eigenvalue weighted by Crippen LogP contribution is 2.39. The molecule has 28 heavy (non-hydrogen) atoms. The van der Waals surface area contributed by atoms with Crippen LogP contribution in [0.3, 0.4) is 0 Å². The molecule has 0 bridgehead atoms. The van der Waals surface area contributed by atoms with Crippen LogP contribution in [0.15, 0.2) is 0 Å². The zero-order chi connectivity index (χ0) is 21.1. The number of aliphatic hydroxyl groups is 1. The number of aliphatic hydroxyl groups excluding tert-OH is 1. The number of nitrogens with one attached hydrogen (secondary N) is 1. The van der Waals surface area contributed by atoms with E-state index >= 15 is 0 Å². The molecule has 2 fully saturated rings. The molecular weight excluding hydrogens is 389 g/mol. The molecule has 8 atom stereocenters. The van der Waals surface area contributed by atoms with Gasteiger partial charge in [-0.2, -0.15) is 0 Å². The van der Waals surface area contributed by atoms with E-state index < -0.39 is 38.3 Å². The van der Waals surface area contributed by atoms with Gasteiger partial charge in [-0.1, -0.05) is 0 Å². The fourth-order valence-corrected chi connectivity index (χ4v) is 4.52. The highest BCUT2D eigenvalue weighted by atomic mass is 31.2. The van der Waals surface area contributed by atoms with Gasteiger partial charge >= 0.3 is 0 Å². The van der Waals surface area contributed by atoms with E-state index in [1.54, 1.807) is 6.92 Å². The smallest absolute Gasteiger partial charge is 0.204 e. The van der Waals surface area contributed by atoms with Crippen molar-refractivity contribution in [1.82, 2.24) is 5.09 Å². The third-order valence-corrected chi connectivity index (χ3v) is 5.84. The van der Waals surface area contributed by atoms with Crippen molar-refractivity contribution < 1.29 is 38.0 Å². The minimum atomic E-state index is -4.45. The second-order valence-corrected chi connectivity index (χ2v) is 9.65. The molecule has 8 unspecified atom stereocenters. The molecule has 0 aromatic rings. The van der Waals surface area contributed by atoms with E-state index in [0.717, 1.165) is 0 Å². The fraction of sp³-hybridized carbons (Fsp3) is 1.00. The van der Waals surface area contributed by atoms with Crippen molar-refractivity contribution in [3.05, 3.63) is 0 Å². The van der Waals surface area contributed by atoms with Crippen molar-refractivity contribution in [3.63, 3.8) is 0 Å². The lowest BCUT2D eigenvalue weighted by Crippen LogP contribution is -2.42. The van der Waals surface area contributed by atoms with Crippen LogP contribution in [-0.2, 0) is 28.0 Å². The van der Waals surface area contributed by atoms with Crippen molar-refractivity contribution in [2.45, 2.75) is 103 Å². The Hall–Kier alpha value is -0.0900. The molecule has 2 aliphatic rings. The summed E-state index contributed by atoms with van der Waals surface area (Å²) in [4.78, 5) is 12.5. The van der Waals surface area contributed by atoms with Crippen LogP contribution in [0, 0.1) is 0 Å². The summed E-state index contributed by atoms with van der Waals surface area (Å²) in [6, 6.07) is 0. The molecule has 0 aliphatic carbocycles. The first kappa shape index (κ1) is 24.2. The molecular formula is C18H35NO8P-. The Labute approximate surface area is 167 Å². The van der Waals surface area contributed by atoms with Crippen LogP contribution in [0.25, 0.3) is 0 Å². The summed E-state index contributed by atoms with van der Waals surface area (Å²) in [5.74, 6) is 0. The van der Waals surface area contributed by atoms with Gasteiger partial charge in [0.05, 0.1) is 43.2 Å². The Morgan fingerprint density at radius 3 is 2.46 bits per heavy atom. The molecule has 9 nitrogen and oxygen atoms in total. The number of hydrogen-bond donors (Lipinski definition) is 2. The first-order chi connectivity index (χ1) is 13.0. The third kappa shape index (κ3) is 7.00. The molecule has 0 aromatic heterocycles. The average Bonchev–Trinajstić information content (AvgIpc) is 3.04. The van der Waals surface area contributed by atoms with E-state index in [1.165, 1.54) is 0 Å². The van der Waals surface area contributed by atoms with E-state index in [1.807, 2.05) is 34.6 Å². The van der Waals surface area contributed by atoms with Crippen LogP contribution in [0.2, 0.25) is 0 Å². The van der Waals surface area contributed by atoms with Crippen LogP contribution in [0.4, 0.5) is 0 Å². The molecule has 2 N–H and O–H groups in total. The van der Waals surface area contributed by atoms with Crippen molar-refractivity contribution in [1.29, 1.82) is 0 Å². The van der Waals surface area contributed by atoms with Gasteiger partial charge in [-0.15, -0.1) is 0 Å². The number of ether oxygens (including phenoxy) is 4. The summed E-state index contributed by atoms with van der Waals surface area (Å²) in [5.41, 5.74) is 0. The summed E-state index contributed by atoms with van der Waals surface area (Å²) >= 11 is 0. The summed E-state index contributed by atoms with van der Waals surface area (Å²) in [6.07, 6.45) is -3.23. The maximum absolute atomic E-state index is 12.5. The Balaban J connectivity index is 1.93. The van der Waals surface area contributed by atoms with Gasteiger partial charge in [-0.05, 0) is 41.5 Å². The van der Waals surface area contributed by atoms with E-state index in [9.17, 15) is 14.6 Å². The Bertz CT molecular complexity index is 534. The molecule has 0 aromatic carbocycles. The summed E-state index contributed by atoms with van der Waals surface area (Å²) in [5, 5.41) is 12.7. The molecule has 0 radical (unpaired) electrons. The van der Waals surface area contributed by atoms with Gasteiger partial charge in [-0.25, -0.2) is 0 Å². The van der Waals surface area contributed by atoms with Gasteiger partial charge in [0, 0.05) is 13.0 Å². The SMILES string of the molecule is CC(C)OCC1OC(C)C(O)C1OP(=O)([O-])NCC1OC(C)CC1OC(C)C. The fourth-order valence-electron chi connectivity index (χ4n) is 3.46. The van der Waals surface area contributed by atoms with E-state index in [-0.39, 0.29) is 37.6 Å². The van der Waals surface area contributed by atoms with Crippen LogP contribution < -0.4 is 9.98 Å². The Kier molecular flexibility index (Phi) is 8.88. The molecule has 0 spiro atoms. The normalized spacial score (nSPS) is 38.4. The lowest BCUT2D eigenvalue weighted by Gasteiger charge is -2.32. The minimum Gasteiger partial charge on any atom is -0.766 e. The molecule has 2 saturated heterocycles. The second kappa shape index (κ2) is 10.3. The van der Waals surface area contributed by atoms with Gasteiger partial charge in [0.1, 0.15) is 18.3 Å². The largest absolute Gasteiger partial charge is 0.766 e. The topological polar surface area (TPSA) is 119 Å². The van der Waals surface area contributed by atoms with E-state index in [2.05, 4.69) is 5.09 Å². The third-order valence-electron chi connectivity index (χ3n) is 4.75. The molecule has 2 rings (SSSR count). The number of rotatable bonds is 10. The van der Waals surface area contributed by atoms with E-state index in [0.29, 0.717) is 6.42 Å². The zero-order valence-corrected chi connectivity index (χ0v) is 18.5. The van der Waals surface area contributed by atoms with Crippen molar-refractivity contribution >= 4 is 7.75 Å². The maximum Gasteiger partial charge on any atom is 0.204 e. The first-order valence-electron chi connectivity index (χ1n) is 9.99. The van der Waals surface area contributed by atoms with Gasteiger partial charge in [0.25, 0.3) is 0 Å². The first-order valence-corrected chi connectivity index (χ1v) is 11.5. The van der Waals surface area contributed by atoms with Gasteiger partial charge in [0.2, 0.25) is 7.75 Å².